The lowest BCUT2D eigenvalue weighted by Crippen LogP contribution is -2.37. The maximum atomic E-state index is 12.3. The Morgan fingerprint density at radius 2 is 1.76 bits per heavy atom. The molecule has 2 aromatic rings. The summed E-state index contributed by atoms with van der Waals surface area (Å²) in [6.07, 6.45) is 2.95. The van der Waals surface area contributed by atoms with Gasteiger partial charge in [0.2, 0.25) is 5.91 Å². The van der Waals surface area contributed by atoms with Gasteiger partial charge in [-0.3, -0.25) is 9.69 Å². The summed E-state index contributed by atoms with van der Waals surface area (Å²) in [5.41, 5.74) is 7.78. The molecule has 0 radical (unpaired) electrons. The summed E-state index contributed by atoms with van der Waals surface area (Å²) >= 11 is 1.68. The monoisotopic (exact) mass is 379 g/mol. The van der Waals surface area contributed by atoms with Gasteiger partial charge in [-0.05, 0) is 42.5 Å². The van der Waals surface area contributed by atoms with Crippen molar-refractivity contribution >= 4 is 35.8 Å². The highest BCUT2D eigenvalue weighted by molar-refractivity contribution is 7.98. The van der Waals surface area contributed by atoms with Crippen molar-refractivity contribution in [1.82, 2.24) is 4.90 Å². The van der Waals surface area contributed by atoms with Gasteiger partial charge in [0.1, 0.15) is 0 Å². The third kappa shape index (κ3) is 7.92. The molecule has 0 fully saturated rings. The summed E-state index contributed by atoms with van der Waals surface area (Å²) in [5.74, 6) is -0.00610. The molecule has 6 heteroatoms. The zero-order valence-corrected chi connectivity index (χ0v) is 16.1. The smallest absolute Gasteiger partial charge is 0.238 e. The van der Waals surface area contributed by atoms with E-state index in [0.29, 0.717) is 19.6 Å². The Bertz CT molecular complexity index is 622. The molecule has 3 N–H and O–H groups in total. The van der Waals surface area contributed by atoms with E-state index in [1.807, 2.05) is 48.7 Å². The number of nitrogens with two attached hydrogens (primary N) is 1. The maximum Gasteiger partial charge on any atom is 0.238 e. The molecule has 0 aliphatic carbocycles. The number of benzene rings is 2. The van der Waals surface area contributed by atoms with Crippen LogP contribution in [0.3, 0.4) is 0 Å². The number of nitrogens with one attached hydrogen (secondary N) is 1. The highest BCUT2D eigenvalue weighted by atomic mass is 35.5. The van der Waals surface area contributed by atoms with Crippen LogP contribution in [-0.2, 0) is 11.2 Å². The first-order valence-electron chi connectivity index (χ1n) is 8.11. The topological polar surface area (TPSA) is 58.4 Å². The fourth-order valence-electron chi connectivity index (χ4n) is 2.46. The van der Waals surface area contributed by atoms with Crippen LogP contribution in [0.5, 0.6) is 0 Å². The molecule has 0 aromatic heterocycles. The molecule has 4 nitrogen and oxygen atoms in total. The van der Waals surface area contributed by atoms with E-state index in [1.165, 1.54) is 10.5 Å². The second kappa shape index (κ2) is 11.9. The summed E-state index contributed by atoms with van der Waals surface area (Å²) in [6.45, 7) is 2.44. The molecular formula is C19H26ClN3OS. The van der Waals surface area contributed by atoms with Crippen molar-refractivity contribution in [2.75, 3.05) is 37.8 Å². The fourth-order valence-corrected chi connectivity index (χ4v) is 2.87. The highest BCUT2D eigenvalue weighted by Gasteiger charge is 2.10. The Hall–Kier alpha value is -1.53. The van der Waals surface area contributed by atoms with Gasteiger partial charge in [-0.2, -0.15) is 0 Å². The average molecular weight is 380 g/mol. The van der Waals surface area contributed by atoms with Gasteiger partial charge in [0.15, 0.2) is 0 Å². The number of amides is 1. The zero-order chi connectivity index (χ0) is 17.2. The van der Waals surface area contributed by atoms with E-state index in [9.17, 15) is 4.79 Å². The van der Waals surface area contributed by atoms with Crippen molar-refractivity contribution in [3.63, 3.8) is 0 Å². The van der Waals surface area contributed by atoms with Crippen LogP contribution in [0.2, 0.25) is 0 Å². The summed E-state index contributed by atoms with van der Waals surface area (Å²) < 4.78 is 0. The van der Waals surface area contributed by atoms with Crippen LogP contribution in [-0.4, -0.2) is 43.2 Å². The zero-order valence-electron chi connectivity index (χ0n) is 14.5. The number of thioether (sulfide) groups is 1. The van der Waals surface area contributed by atoms with Gasteiger partial charge in [-0.1, -0.05) is 30.3 Å². The van der Waals surface area contributed by atoms with E-state index < -0.39 is 0 Å². The molecule has 136 valence electrons. The number of anilines is 1. The molecule has 2 rings (SSSR count). The van der Waals surface area contributed by atoms with Gasteiger partial charge in [0.25, 0.3) is 0 Å². The first-order valence-corrected chi connectivity index (χ1v) is 9.34. The van der Waals surface area contributed by atoms with E-state index in [2.05, 4.69) is 22.3 Å². The van der Waals surface area contributed by atoms with E-state index in [4.69, 9.17) is 5.73 Å². The Morgan fingerprint density at radius 1 is 1.08 bits per heavy atom. The highest BCUT2D eigenvalue weighted by Crippen LogP contribution is 2.17. The maximum absolute atomic E-state index is 12.3. The van der Waals surface area contributed by atoms with Crippen LogP contribution < -0.4 is 11.1 Å². The predicted octanol–water partition coefficient (Wildman–Crippen LogP) is 3.27. The van der Waals surface area contributed by atoms with E-state index in [-0.39, 0.29) is 18.3 Å². The first kappa shape index (κ1) is 21.5. The molecule has 0 aliphatic heterocycles. The summed E-state index contributed by atoms with van der Waals surface area (Å²) in [4.78, 5) is 15.5. The van der Waals surface area contributed by atoms with Crippen molar-refractivity contribution in [1.29, 1.82) is 0 Å². The van der Waals surface area contributed by atoms with Crippen LogP contribution in [0.15, 0.2) is 59.5 Å². The van der Waals surface area contributed by atoms with Crippen LogP contribution in [0.1, 0.15) is 5.56 Å². The molecule has 0 bridgehead atoms. The molecule has 0 aliphatic rings. The Morgan fingerprint density at radius 3 is 2.36 bits per heavy atom. The molecule has 25 heavy (non-hydrogen) atoms. The van der Waals surface area contributed by atoms with Gasteiger partial charge < -0.3 is 11.1 Å². The van der Waals surface area contributed by atoms with Crippen molar-refractivity contribution in [3.05, 3.63) is 60.2 Å². The van der Waals surface area contributed by atoms with Crippen LogP contribution in [0, 0.1) is 0 Å². The number of hydrogen-bond donors (Lipinski definition) is 2. The normalized spacial score (nSPS) is 10.4. The molecule has 0 spiro atoms. The van der Waals surface area contributed by atoms with Gasteiger partial charge >= 0.3 is 0 Å². The summed E-state index contributed by atoms with van der Waals surface area (Å²) in [5, 5.41) is 2.95. The van der Waals surface area contributed by atoms with Crippen LogP contribution in [0.25, 0.3) is 0 Å². The molecule has 0 unspecified atom stereocenters. The lowest BCUT2D eigenvalue weighted by atomic mass is 10.1. The van der Waals surface area contributed by atoms with E-state index in [1.54, 1.807) is 11.8 Å². The second-order valence-corrected chi connectivity index (χ2v) is 6.46. The minimum atomic E-state index is -0.00610. The number of carbonyl (C=O) groups is 1. The third-order valence-electron chi connectivity index (χ3n) is 3.75. The van der Waals surface area contributed by atoms with Crippen LogP contribution >= 0.6 is 24.2 Å². The minimum absolute atomic E-state index is 0. The van der Waals surface area contributed by atoms with Crippen LogP contribution in [0.4, 0.5) is 5.69 Å². The van der Waals surface area contributed by atoms with E-state index in [0.717, 1.165) is 18.7 Å². The van der Waals surface area contributed by atoms with Gasteiger partial charge in [-0.15, -0.1) is 24.2 Å². The van der Waals surface area contributed by atoms with Crippen molar-refractivity contribution < 1.29 is 4.79 Å². The molecular weight excluding hydrogens is 354 g/mol. The SMILES string of the molecule is CSc1ccc(NC(=O)CN(CCN)CCc2ccccc2)cc1.Cl. The van der Waals surface area contributed by atoms with Crippen molar-refractivity contribution in [3.8, 4) is 0 Å². The number of rotatable bonds is 9. The number of carbonyl (C=O) groups excluding carboxylic acids is 1. The first-order chi connectivity index (χ1) is 11.7. The van der Waals surface area contributed by atoms with Gasteiger partial charge in [0.05, 0.1) is 6.54 Å². The average Bonchev–Trinajstić information content (AvgIpc) is 2.61. The van der Waals surface area contributed by atoms with Crippen molar-refractivity contribution in [2.24, 2.45) is 5.73 Å². The van der Waals surface area contributed by atoms with Gasteiger partial charge in [-0.25, -0.2) is 0 Å². The molecule has 0 saturated carbocycles. The quantitative estimate of drug-likeness (QED) is 0.656. The molecule has 0 atom stereocenters. The summed E-state index contributed by atoms with van der Waals surface area (Å²) in [7, 11) is 0. The number of halogens is 1. The van der Waals surface area contributed by atoms with Gasteiger partial charge in [0, 0.05) is 30.2 Å². The largest absolute Gasteiger partial charge is 0.329 e. The standard InChI is InChI=1S/C19H25N3OS.ClH/c1-24-18-9-7-17(8-10-18)21-19(23)15-22(14-12-20)13-11-16-5-3-2-4-6-16;/h2-10H,11-15,20H2,1H3,(H,21,23);1H. The predicted molar refractivity (Wildman–Crippen MR) is 110 cm³/mol. The third-order valence-corrected chi connectivity index (χ3v) is 4.49. The second-order valence-electron chi connectivity index (χ2n) is 5.58. The Balaban J connectivity index is 0.00000312. The minimum Gasteiger partial charge on any atom is -0.329 e. The molecule has 2 aromatic carbocycles. The van der Waals surface area contributed by atoms with E-state index >= 15 is 0 Å². The summed E-state index contributed by atoms with van der Waals surface area (Å²) in [6, 6.07) is 18.2. The number of hydrogen-bond acceptors (Lipinski definition) is 4. The Kier molecular flexibility index (Phi) is 10.3. The Labute approximate surface area is 160 Å². The lowest BCUT2D eigenvalue weighted by Gasteiger charge is -2.21. The van der Waals surface area contributed by atoms with Crippen molar-refractivity contribution in [2.45, 2.75) is 11.3 Å². The molecule has 0 saturated heterocycles. The number of nitrogens with zero attached hydrogens (tertiary/aromatic N) is 1. The molecule has 1 amide bonds. The fraction of sp³-hybridized carbons (Fsp3) is 0.316. The molecule has 0 heterocycles. The lowest BCUT2D eigenvalue weighted by molar-refractivity contribution is -0.117.